The molecule has 2 aromatic carbocycles. The standard InChI is InChI=1S/C14H12N4O2/c19-13(15-11-7-3-1-4-8-11)17-18-14(20)16-12-9-5-2-6-10-12/h1-10H,(H,15,19)(H,16,20)/b18-17+. The number of benzene rings is 2. The van der Waals surface area contributed by atoms with Gasteiger partial charge in [-0.15, -0.1) is 0 Å². The summed E-state index contributed by atoms with van der Waals surface area (Å²) in [5.74, 6) is 0. The number of urea groups is 2. The molecule has 0 unspecified atom stereocenters. The minimum atomic E-state index is -0.709. The van der Waals surface area contributed by atoms with Crippen LogP contribution in [0.2, 0.25) is 0 Å². The Morgan fingerprint density at radius 2 is 1.00 bits per heavy atom. The molecule has 0 aromatic heterocycles. The number of anilines is 2. The Bertz CT molecular complexity index is 556. The van der Waals surface area contributed by atoms with Gasteiger partial charge in [-0.05, 0) is 24.3 Å². The van der Waals surface area contributed by atoms with Crippen molar-refractivity contribution in [3.05, 3.63) is 60.7 Å². The molecular formula is C14H12N4O2. The van der Waals surface area contributed by atoms with E-state index in [9.17, 15) is 9.59 Å². The molecule has 6 nitrogen and oxygen atoms in total. The lowest BCUT2D eigenvalue weighted by atomic mass is 10.3. The Morgan fingerprint density at radius 3 is 1.35 bits per heavy atom. The summed E-state index contributed by atoms with van der Waals surface area (Å²) in [6, 6.07) is 16.1. The second-order valence-electron chi connectivity index (χ2n) is 3.79. The number of para-hydroxylation sites is 2. The van der Waals surface area contributed by atoms with Crippen LogP contribution in [-0.4, -0.2) is 12.1 Å². The van der Waals surface area contributed by atoms with Crippen LogP contribution in [0.15, 0.2) is 70.9 Å². The van der Waals surface area contributed by atoms with Gasteiger partial charge in [0.2, 0.25) is 0 Å². The number of rotatable bonds is 2. The highest BCUT2D eigenvalue weighted by Crippen LogP contribution is 2.07. The van der Waals surface area contributed by atoms with Crippen LogP contribution in [0.25, 0.3) is 0 Å². The first-order valence-corrected chi connectivity index (χ1v) is 5.88. The van der Waals surface area contributed by atoms with Gasteiger partial charge >= 0.3 is 12.1 Å². The van der Waals surface area contributed by atoms with Gasteiger partial charge in [0.1, 0.15) is 0 Å². The highest BCUT2D eigenvalue weighted by atomic mass is 16.2. The molecule has 2 rings (SSSR count). The van der Waals surface area contributed by atoms with Crippen LogP contribution in [0.3, 0.4) is 0 Å². The van der Waals surface area contributed by atoms with Crippen molar-refractivity contribution in [2.24, 2.45) is 10.2 Å². The van der Waals surface area contributed by atoms with Crippen LogP contribution < -0.4 is 10.6 Å². The molecule has 0 atom stereocenters. The van der Waals surface area contributed by atoms with Crippen LogP contribution in [0.5, 0.6) is 0 Å². The first kappa shape index (κ1) is 13.4. The fourth-order valence-corrected chi connectivity index (χ4v) is 1.43. The fourth-order valence-electron chi connectivity index (χ4n) is 1.43. The lowest BCUT2D eigenvalue weighted by Gasteiger charge is -2.00. The smallest absolute Gasteiger partial charge is 0.305 e. The Hall–Kier alpha value is -3.02. The van der Waals surface area contributed by atoms with E-state index in [0.29, 0.717) is 11.4 Å². The van der Waals surface area contributed by atoms with E-state index in [0.717, 1.165) is 0 Å². The SMILES string of the molecule is O=C(/N=N/C(=O)Nc1ccccc1)Nc1ccccc1. The molecule has 0 saturated heterocycles. The molecule has 0 fully saturated rings. The third-order valence-corrected chi connectivity index (χ3v) is 2.28. The Kier molecular flexibility index (Phi) is 4.55. The van der Waals surface area contributed by atoms with Gasteiger partial charge in [-0.2, -0.15) is 0 Å². The maximum absolute atomic E-state index is 11.4. The molecule has 100 valence electrons. The van der Waals surface area contributed by atoms with Crippen LogP contribution in [0.4, 0.5) is 21.0 Å². The van der Waals surface area contributed by atoms with Gasteiger partial charge in [-0.25, -0.2) is 9.59 Å². The molecule has 6 heteroatoms. The fraction of sp³-hybridized carbons (Fsp3) is 0. The van der Waals surface area contributed by atoms with Crippen molar-refractivity contribution in [2.45, 2.75) is 0 Å². The number of carbonyl (C=O) groups excluding carboxylic acids is 2. The van der Waals surface area contributed by atoms with Crippen molar-refractivity contribution in [3.8, 4) is 0 Å². The van der Waals surface area contributed by atoms with E-state index >= 15 is 0 Å². The molecule has 2 N–H and O–H groups in total. The zero-order chi connectivity index (χ0) is 14.2. The molecular weight excluding hydrogens is 256 g/mol. The monoisotopic (exact) mass is 268 g/mol. The minimum absolute atomic E-state index is 0.583. The number of carbonyl (C=O) groups is 2. The van der Waals surface area contributed by atoms with Crippen molar-refractivity contribution >= 4 is 23.4 Å². The quantitative estimate of drug-likeness (QED) is 0.809. The Labute approximate surface area is 115 Å². The van der Waals surface area contributed by atoms with E-state index in [2.05, 4.69) is 20.9 Å². The Balaban J connectivity index is 1.86. The number of azo groups is 1. The zero-order valence-electron chi connectivity index (χ0n) is 10.5. The Morgan fingerprint density at radius 1 is 0.650 bits per heavy atom. The summed E-state index contributed by atoms with van der Waals surface area (Å²) < 4.78 is 0. The molecule has 0 spiro atoms. The van der Waals surface area contributed by atoms with Gasteiger partial charge < -0.3 is 10.6 Å². The summed E-state index contributed by atoms with van der Waals surface area (Å²) >= 11 is 0. The van der Waals surface area contributed by atoms with Gasteiger partial charge in [-0.3, -0.25) is 0 Å². The largest absolute Gasteiger partial charge is 0.364 e. The molecule has 0 aliphatic rings. The van der Waals surface area contributed by atoms with E-state index in [1.807, 2.05) is 12.1 Å². The highest BCUT2D eigenvalue weighted by molar-refractivity contribution is 5.93. The molecule has 0 saturated carbocycles. The molecule has 0 radical (unpaired) electrons. The summed E-state index contributed by atoms with van der Waals surface area (Å²) in [7, 11) is 0. The predicted octanol–water partition coefficient (Wildman–Crippen LogP) is 3.90. The van der Waals surface area contributed by atoms with Gasteiger partial charge in [0.05, 0.1) is 0 Å². The number of nitrogens with one attached hydrogen (secondary N) is 2. The van der Waals surface area contributed by atoms with Gasteiger partial charge in [0.15, 0.2) is 0 Å². The zero-order valence-corrected chi connectivity index (χ0v) is 10.5. The van der Waals surface area contributed by atoms with Crippen molar-refractivity contribution < 1.29 is 9.59 Å². The first-order valence-electron chi connectivity index (χ1n) is 5.88. The van der Waals surface area contributed by atoms with E-state index in [1.54, 1.807) is 48.5 Å². The molecule has 0 aliphatic heterocycles. The first-order chi connectivity index (χ1) is 9.74. The number of amides is 4. The van der Waals surface area contributed by atoms with E-state index in [-0.39, 0.29) is 0 Å². The normalized spacial score (nSPS) is 10.2. The molecule has 2 aromatic rings. The maximum Gasteiger partial charge on any atom is 0.364 e. The summed E-state index contributed by atoms with van der Waals surface area (Å²) in [6.07, 6.45) is 0. The van der Waals surface area contributed by atoms with Crippen molar-refractivity contribution in [1.82, 2.24) is 0 Å². The average Bonchev–Trinajstić information content (AvgIpc) is 2.47. The summed E-state index contributed by atoms with van der Waals surface area (Å²) in [5.41, 5.74) is 1.17. The van der Waals surface area contributed by atoms with Gasteiger partial charge in [-0.1, -0.05) is 46.6 Å². The lowest BCUT2D eigenvalue weighted by molar-refractivity contribution is 0.252. The topological polar surface area (TPSA) is 82.9 Å². The summed E-state index contributed by atoms with van der Waals surface area (Å²) in [4.78, 5) is 22.8. The maximum atomic E-state index is 11.4. The molecule has 0 bridgehead atoms. The van der Waals surface area contributed by atoms with Crippen LogP contribution in [0.1, 0.15) is 0 Å². The van der Waals surface area contributed by atoms with E-state index in [1.165, 1.54) is 0 Å². The van der Waals surface area contributed by atoms with Gasteiger partial charge in [0.25, 0.3) is 0 Å². The highest BCUT2D eigenvalue weighted by Gasteiger charge is 2.02. The second-order valence-corrected chi connectivity index (χ2v) is 3.79. The second kappa shape index (κ2) is 6.79. The van der Waals surface area contributed by atoms with Crippen LogP contribution in [0, 0.1) is 0 Å². The predicted molar refractivity (Wildman–Crippen MR) is 75.8 cm³/mol. The van der Waals surface area contributed by atoms with Crippen molar-refractivity contribution in [2.75, 3.05) is 10.6 Å². The number of nitrogens with zero attached hydrogens (tertiary/aromatic N) is 2. The third-order valence-electron chi connectivity index (χ3n) is 2.28. The van der Waals surface area contributed by atoms with Crippen molar-refractivity contribution in [3.63, 3.8) is 0 Å². The van der Waals surface area contributed by atoms with Crippen LogP contribution in [-0.2, 0) is 0 Å². The number of hydrogen-bond donors (Lipinski definition) is 2. The van der Waals surface area contributed by atoms with E-state index < -0.39 is 12.1 Å². The molecule has 0 aliphatic carbocycles. The number of hydrogen-bond acceptors (Lipinski definition) is 2. The van der Waals surface area contributed by atoms with Crippen molar-refractivity contribution in [1.29, 1.82) is 0 Å². The average molecular weight is 268 g/mol. The van der Waals surface area contributed by atoms with Gasteiger partial charge in [0, 0.05) is 11.4 Å². The molecule has 20 heavy (non-hydrogen) atoms. The van der Waals surface area contributed by atoms with E-state index in [4.69, 9.17) is 0 Å². The summed E-state index contributed by atoms with van der Waals surface area (Å²) in [5, 5.41) is 11.5. The third kappa shape index (κ3) is 4.34. The van der Waals surface area contributed by atoms with Crippen LogP contribution >= 0.6 is 0 Å². The minimum Gasteiger partial charge on any atom is -0.305 e. The summed E-state index contributed by atoms with van der Waals surface area (Å²) in [6.45, 7) is 0. The lowest BCUT2D eigenvalue weighted by Crippen LogP contribution is -2.09. The molecule has 4 amide bonds. The molecule has 0 heterocycles.